The molecule has 0 atom stereocenters. The fourth-order valence-corrected chi connectivity index (χ4v) is 1.22. The first kappa shape index (κ1) is 11.5. The molecule has 0 aliphatic carbocycles. The monoisotopic (exact) mass is 205 g/mol. The molecule has 0 saturated heterocycles. The first-order chi connectivity index (χ1) is 7.27. The van der Waals surface area contributed by atoms with Gasteiger partial charge in [0.15, 0.2) is 0 Å². The standard InChI is InChI=1S/C12H15NO2/c1-10-4-5-11(9-13)8-12(10)15-7-3-2-6-14/h4-5,8,14H,2-3,6-7H2,1H3. The third-order valence-corrected chi connectivity index (χ3v) is 2.13. The molecule has 0 bridgehead atoms. The Labute approximate surface area is 89.9 Å². The number of nitrogens with zero attached hydrogens (tertiary/aromatic N) is 1. The third kappa shape index (κ3) is 3.61. The zero-order valence-electron chi connectivity index (χ0n) is 8.86. The van der Waals surface area contributed by atoms with Gasteiger partial charge in [-0.25, -0.2) is 0 Å². The molecule has 1 rings (SSSR count). The molecule has 0 aliphatic heterocycles. The number of hydrogen-bond donors (Lipinski definition) is 1. The largest absolute Gasteiger partial charge is 0.493 e. The molecule has 0 aromatic heterocycles. The van der Waals surface area contributed by atoms with Crippen molar-refractivity contribution in [2.24, 2.45) is 0 Å². The normalized spacial score (nSPS) is 9.67. The molecular formula is C12H15NO2. The minimum absolute atomic E-state index is 0.195. The molecule has 0 radical (unpaired) electrons. The number of hydrogen-bond acceptors (Lipinski definition) is 3. The van der Waals surface area contributed by atoms with E-state index >= 15 is 0 Å². The average Bonchev–Trinajstić information content (AvgIpc) is 2.26. The maximum Gasteiger partial charge on any atom is 0.123 e. The van der Waals surface area contributed by atoms with Crippen molar-refractivity contribution in [3.05, 3.63) is 29.3 Å². The van der Waals surface area contributed by atoms with E-state index in [1.807, 2.05) is 13.0 Å². The van der Waals surface area contributed by atoms with Crippen LogP contribution in [0.5, 0.6) is 5.75 Å². The molecule has 0 fully saturated rings. The van der Waals surface area contributed by atoms with Gasteiger partial charge in [-0.1, -0.05) is 6.07 Å². The van der Waals surface area contributed by atoms with E-state index < -0.39 is 0 Å². The lowest BCUT2D eigenvalue weighted by Gasteiger charge is -2.08. The Morgan fingerprint density at radius 2 is 2.20 bits per heavy atom. The van der Waals surface area contributed by atoms with Gasteiger partial charge in [-0.2, -0.15) is 5.26 Å². The van der Waals surface area contributed by atoms with Crippen molar-refractivity contribution in [3.63, 3.8) is 0 Å². The Bertz CT molecular complexity index is 355. The van der Waals surface area contributed by atoms with E-state index in [0.29, 0.717) is 12.2 Å². The summed E-state index contributed by atoms with van der Waals surface area (Å²) in [6, 6.07) is 7.47. The van der Waals surface area contributed by atoms with Crippen LogP contribution in [0, 0.1) is 18.3 Å². The predicted octanol–water partition coefficient (Wildman–Crippen LogP) is 2.02. The molecule has 15 heavy (non-hydrogen) atoms. The van der Waals surface area contributed by atoms with Crippen molar-refractivity contribution in [1.82, 2.24) is 0 Å². The zero-order valence-corrected chi connectivity index (χ0v) is 8.86. The van der Waals surface area contributed by atoms with Crippen LogP contribution >= 0.6 is 0 Å². The van der Waals surface area contributed by atoms with E-state index in [2.05, 4.69) is 6.07 Å². The Kier molecular flexibility index (Phi) is 4.65. The second-order valence-electron chi connectivity index (χ2n) is 3.37. The summed E-state index contributed by atoms with van der Waals surface area (Å²) in [6.45, 7) is 2.72. The minimum atomic E-state index is 0.195. The Morgan fingerprint density at radius 3 is 2.87 bits per heavy atom. The fourth-order valence-electron chi connectivity index (χ4n) is 1.22. The summed E-state index contributed by atoms with van der Waals surface area (Å²) in [4.78, 5) is 0. The minimum Gasteiger partial charge on any atom is -0.493 e. The van der Waals surface area contributed by atoms with Crippen LogP contribution in [0.25, 0.3) is 0 Å². The molecule has 0 unspecified atom stereocenters. The zero-order chi connectivity index (χ0) is 11.1. The topological polar surface area (TPSA) is 53.2 Å². The van der Waals surface area contributed by atoms with Crippen LogP contribution in [0.1, 0.15) is 24.0 Å². The van der Waals surface area contributed by atoms with Crippen molar-refractivity contribution >= 4 is 0 Å². The molecule has 80 valence electrons. The number of rotatable bonds is 5. The number of ether oxygens (including phenoxy) is 1. The van der Waals surface area contributed by atoms with E-state index in [1.165, 1.54) is 0 Å². The third-order valence-electron chi connectivity index (χ3n) is 2.13. The van der Waals surface area contributed by atoms with Crippen molar-refractivity contribution < 1.29 is 9.84 Å². The lowest BCUT2D eigenvalue weighted by molar-refractivity contribution is 0.252. The summed E-state index contributed by atoms with van der Waals surface area (Å²) in [7, 11) is 0. The van der Waals surface area contributed by atoms with Crippen LogP contribution in [0.4, 0.5) is 0 Å². The van der Waals surface area contributed by atoms with Crippen molar-refractivity contribution in [2.45, 2.75) is 19.8 Å². The molecule has 0 aliphatic rings. The first-order valence-electron chi connectivity index (χ1n) is 5.02. The lowest BCUT2D eigenvalue weighted by atomic mass is 10.1. The maximum absolute atomic E-state index is 8.72. The summed E-state index contributed by atoms with van der Waals surface area (Å²) >= 11 is 0. The lowest BCUT2D eigenvalue weighted by Crippen LogP contribution is -2.00. The van der Waals surface area contributed by atoms with E-state index in [1.54, 1.807) is 12.1 Å². The number of aliphatic hydroxyl groups excluding tert-OH is 1. The molecule has 0 spiro atoms. The molecule has 3 heteroatoms. The summed E-state index contributed by atoms with van der Waals surface area (Å²) in [6.07, 6.45) is 1.57. The van der Waals surface area contributed by atoms with Crippen LogP contribution < -0.4 is 4.74 Å². The quantitative estimate of drug-likeness (QED) is 0.748. The van der Waals surface area contributed by atoms with Crippen LogP contribution in [0.2, 0.25) is 0 Å². The van der Waals surface area contributed by atoms with Gasteiger partial charge in [0.1, 0.15) is 5.75 Å². The van der Waals surface area contributed by atoms with Gasteiger partial charge in [-0.05, 0) is 37.5 Å². The molecule has 3 nitrogen and oxygen atoms in total. The van der Waals surface area contributed by atoms with Crippen LogP contribution in [-0.2, 0) is 0 Å². The highest BCUT2D eigenvalue weighted by Gasteiger charge is 2.00. The summed E-state index contributed by atoms with van der Waals surface area (Å²) in [5.41, 5.74) is 1.63. The highest BCUT2D eigenvalue weighted by atomic mass is 16.5. The first-order valence-corrected chi connectivity index (χ1v) is 5.02. The maximum atomic E-state index is 8.72. The van der Waals surface area contributed by atoms with E-state index in [-0.39, 0.29) is 6.61 Å². The van der Waals surface area contributed by atoms with E-state index in [9.17, 15) is 0 Å². The second-order valence-corrected chi connectivity index (χ2v) is 3.37. The van der Waals surface area contributed by atoms with Crippen LogP contribution in [0.3, 0.4) is 0 Å². The molecule has 0 heterocycles. The van der Waals surface area contributed by atoms with Crippen LogP contribution in [0.15, 0.2) is 18.2 Å². The van der Waals surface area contributed by atoms with E-state index in [4.69, 9.17) is 15.1 Å². The molecule has 1 N–H and O–H groups in total. The van der Waals surface area contributed by atoms with Crippen LogP contribution in [-0.4, -0.2) is 18.3 Å². The van der Waals surface area contributed by atoms with Gasteiger partial charge in [0.25, 0.3) is 0 Å². The number of nitriles is 1. The van der Waals surface area contributed by atoms with Gasteiger partial charge in [0, 0.05) is 6.61 Å². The SMILES string of the molecule is Cc1ccc(C#N)cc1OCCCCO. The Balaban J connectivity index is 2.56. The predicted molar refractivity (Wildman–Crippen MR) is 57.7 cm³/mol. The molecule has 0 amide bonds. The van der Waals surface area contributed by atoms with Crippen molar-refractivity contribution in [2.75, 3.05) is 13.2 Å². The van der Waals surface area contributed by atoms with E-state index in [0.717, 1.165) is 24.2 Å². The fraction of sp³-hybridized carbons (Fsp3) is 0.417. The van der Waals surface area contributed by atoms with Gasteiger partial charge < -0.3 is 9.84 Å². The average molecular weight is 205 g/mol. The number of unbranched alkanes of at least 4 members (excludes halogenated alkanes) is 1. The van der Waals surface area contributed by atoms with Gasteiger partial charge in [0.05, 0.1) is 18.2 Å². The summed E-state index contributed by atoms with van der Waals surface area (Å²) < 4.78 is 5.52. The Hall–Kier alpha value is -1.53. The number of aliphatic hydroxyl groups is 1. The van der Waals surface area contributed by atoms with Crippen molar-refractivity contribution in [1.29, 1.82) is 5.26 Å². The van der Waals surface area contributed by atoms with Gasteiger partial charge >= 0.3 is 0 Å². The second kappa shape index (κ2) is 6.05. The van der Waals surface area contributed by atoms with Crippen molar-refractivity contribution in [3.8, 4) is 11.8 Å². The summed E-state index contributed by atoms with van der Waals surface area (Å²) in [5.74, 6) is 0.756. The molecular weight excluding hydrogens is 190 g/mol. The van der Waals surface area contributed by atoms with Gasteiger partial charge in [0.2, 0.25) is 0 Å². The smallest absolute Gasteiger partial charge is 0.123 e. The van der Waals surface area contributed by atoms with Gasteiger partial charge in [-0.3, -0.25) is 0 Å². The number of aryl methyl sites for hydroxylation is 1. The summed E-state index contributed by atoms with van der Waals surface area (Å²) in [5, 5.41) is 17.3. The molecule has 0 saturated carbocycles. The van der Waals surface area contributed by atoms with Gasteiger partial charge in [-0.15, -0.1) is 0 Å². The molecule has 1 aromatic rings. The highest BCUT2D eigenvalue weighted by Crippen LogP contribution is 2.19. The Morgan fingerprint density at radius 1 is 1.40 bits per heavy atom. The highest BCUT2D eigenvalue weighted by molar-refractivity contribution is 5.41. The number of benzene rings is 1. The molecule has 1 aromatic carbocycles.